The van der Waals surface area contributed by atoms with Gasteiger partial charge in [0.05, 0.1) is 6.10 Å². The number of hydrogen-bond donors (Lipinski definition) is 2. The number of carbonyl (C=O) groups is 1. The Morgan fingerprint density at radius 1 is 1.24 bits per heavy atom. The predicted molar refractivity (Wildman–Crippen MR) is 84.5 cm³/mol. The number of rotatable bonds is 4. The maximum Gasteiger partial charge on any atom is 0.249 e. The standard InChI is InChI=1S/C16H22N2O2.ClH/c17-9-14-5-6-15(20-14)16(19)18-10-11-7-12-3-1-2-4-13(12)8-11;/h1-4,11,14-15H,5-10,17H2,(H,18,19);1H/t14-,15+;/m1./s1. The van der Waals surface area contributed by atoms with E-state index in [1.54, 1.807) is 0 Å². The molecule has 1 amide bonds. The minimum atomic E-state index is -0.299. The van der Waals surface area contributed by atoms with Crippen LogP contribution in [0.1, 0.15) is 24.0 Å². The van der Waals surface area contributed by atoms with Gasteiger partial charge >= 0.3 is 0 Å². The van der Waals surface area contributed by atoms with Gasteiger partial charge in [0.15, 0.2) is 0 Å². The molecular weight excluding hydrogens is 288 g/mol. The van der Waals surface area contributed by atoms with Crippen LogP contribution in [0, 0.1) is 5.92 Å². The number of fused-ring (bicyclic) bond motifs is 1. The van der Waals surface area contributed by atoms with Gasteiger partial charge in [0.2, 0.25) is 5.91 Å². The van der Waals surface area contributed by atoms with Crippen molar-refractivity contribution in [2.75, 3.05) is 13.1 Å². The average molecular weight is 311 g/mol. The fourth-order valence-electron chi connectivity index (χ4n) is 3.23. The van der Waals surface area contributed by atoms with Crippen LogP contribution in [0.25, 0.3) is 0 Å². The second-order valence-corrected chi connectivity index (χ2v) is 5.85. The van der Waals surface area contributed by atoms with E-state index in [4.69, 9.17) is 10.5 Å². The fraction of sp³-hybridized carbons (Fsp3) is 0.562. The van der Waals surface area contributed by atoms with E-state index < -0.39 is 0 Å². The summed E-state index contributed by atoms with van der Waals surface area (Å²) in [5, 5.41) is 3.04. The lowest BCUT2D eigenvalue weighted by Crippen LogP contribution is -2.38. The number of nitrogens with one attached hydrogen (secondary N) is 1. The quantitative estimate of drug-likeness (QED) is 0.884. The number of hydrogen-bond acceptors (Lipinski definition) is 3. The molecule has 3 rings (SSSR count). The summed E-state index contributed by atoms with van der Waals surface area (Å²) in [6.45, 7) is 1.24. The molecule has 1 aromatic carbocycles. The van der Waals surface area contributed by atoms with Crippen molar-refractivity contribution >= 4 is 18.3 Å². The highest BCUT2D eigenvalue weighted by molar-refractivity contribution is 5.85. The van der Waals surface area contributed by atoms with Gasteiger partial charge in [0.1, 0.15) is 6.10 Å². The van der Waals surface area contributed by atoms with E-state index >= 15 is 0 Å². The molecule has 1 fully saturated rings. The summed E-state index contributed by atoms with van der Waals surface area (Å²) in [6, 6.07) is 8.53. The van der Waals surface area contributed by atoms with Gasteiger partial charge in [-0.3, -0.25) is 4.79 Å². The van der Waals surface area contributed by atoms with Gasteiger partial charge in [-0.25, -0.2) is 0 Å². The Hall–Kier alpha value is -1.10. The molecule has 116 valence electrons. The van der Waals surface area contributed by atoms with Crippen LogP contribution in [0.5, 0.6) is 0 Å². The summed E-state index contributed by atoms with van der Waals surface area (Å²) in [5.41, 5.74) is 8.41. The first-order valence-electron chi connectivity index (χ1n) is 7.46. The van der Waals surface area contributed by atoms with Crippen molar-refractivity contribution in [2.45, 2.75) is 37.9 Å². The molecule has 1 aliphatic carbocycles. The molecule has 3 N–H and O–H groups in total. The van der Waals surface area contributed by atoms with Gasteiger partial charge < -0.3 is 15.8 Å². The third kappa shape index (κ3) is 3.76. The summed E-state index contributed by atoms with van der Waals surface area (Å²) in [4.78, 5) is 12.1. The predicted octanol–water partition coefficient (Wildman–Crippen LogP) is 1.45. The molecule has 1 aromatic rings. The van der Waals surface area contributed by atoms with Crippen LogP contribution in [0.4, 0.5) is 0 Å². The summed E-state index contributed by atoms with van der Waals surface area (Å²) in [7, 11) is 0. The molecule has 0 radical (unpaired) electrons. The van der Waals surface area contributed by atoms with E-state index in [1.807, 2.05) is 0 Å². The van der Waals surface area contributed by atoms with Crippen LogP contribution in [-0.2, 0) is 22.4 Å². The van der Waals surface area contributed by atoms with Crippen LogP contribution in [-0.4, -0.2) is 31.2 Å². The van der Waals surface area contributed by atoms with Crippen molar-refractivity contribution in [1.82, 2.24) is 5.32 Å². The molecule has 1 saturated heterocycles. The van der Waals surface area contributed by atoms with Crippen molar-refractivity contribution in [1.29, 1.82) is 0 Å². The average Bonchev–Trinajstić information content (AvgIpc) is 3.10. The molecule has 0 spiro atoms. The van der Waals surface area contributed by atoms with E-state index in [-0.39, 0.29) is 30.5 Å². The van der Waals surface area contributed by atoms with Crippen molar-refractivity contribution in [3.63, 3.8) is 0 Å². The van der Waals surface area contributed by atoms with E-state index in [0.717, 1.165) is 32.2 Å². The first-order chi connectivity index (χ1) is 9.76. The normalized spacial score (nSPS) is 24.4. The highest BCUT2D eigenvalue weighted by atomic mass is 35.5. The van der Waals surface area contributed by atoms with Gasteiger partial charge in [-0.05, 0) is 42.7 Å². The zero-order valence-electron chi connectivity index (χ0n) is 12.1. The minimum absolute atomic E-state index is 0. The summed E-state index contributed by atoms with van der Waals surface area (Å²) < 4.78 is 5.61. The van der Waals surface area contributed by atoms with E-state index in [0.29, 0.717) is 12.5 Å². The minimum Gasteiger partial charge on any atom is -0.364 e. The molecule has 1 aliphatic heterocycles. The summed E-state index contributed by atoms with van der Waals surface area (Å²) >= 11 is 0. The van der Waals surface area contributed by atoms with Gasteiger partial charge in [0.25, 0.3) is 0 Å². The largest absolute Gasteiger partial charge is 0.364 e. The van der Waals surface area contributed by atoms with Crippen molar-refractivity contribution in [3.05, 3.63) is 35.4 Å². The first kappa shape index (κ1) is 16.3. The fourth-order valence-corrected chi connectivity index (χ4v) is 3.23. The molecule has 0 bridgehead atoms. The zero-order chi connectivity index (χ0) is 13.9. The van der Waals surface area contributed by atoms with Crippen LogP contribution < -0.4 is 11.1 Å². The number of benzene rings is 1. The molecular formula is C16H23ClN2O2. The second-order valence-electron chi connectivity index (χ2n) is 5.85. The Bertz CT molecular complexity index is 470. The molecule has 5 heteroatoms. The van der Waals surface area contributed by atoms with Crippen LogP contribution in [0.3, 0.4) is 0 Å². The van der Waals surface area contributed by atoms with Crippen LogP contribution >= 0.6 is 12.4 Å². The second kappa shape index (κ2) is 7.25. The Morgan fingerprint density at radius 3 is 2.48 bits per heavy atom. The van der Waals surface area contributed by atoms with E-state index in [1.165, 1.54) is 11.1 Å². The Morgan fingerprint density at radius 2 is 1.90 bits per heavy atom. The monoisotopic (exact) mass is 310 g/mol. The highest BCUT2D eigenvalue weighted by Gasteiger charge is 2.30. The Labute approximate surface area is 131 Å². The third-order valence-corrected chi connectivity index (χ3v) is 4.36. The lowest BCUT2D eigenvalue weighted by atomic mass is 10.1. The molecule has 0 saturated carbocycles. The smallest absolute Gasteiger partial charge is 0.249 e. The van der Waals surface area contributed by atoms with Gasteiger partial charge in [-0.2, -0.15) is 0 Å². The number of carbonyl (C=O) groups excluding carboxylic acids is 1. The topological polar surface area (TPSA) is 64.4 Å². The Balaban J connectivity index is 0.00000161. The van der Waals surface area contributed by atoms with Crippen molar-refractivity contribution in [2.24, 2.45) is 11.7 Å². The Kier molecular flexibility index (Phi) is 5.62. The third-order valence-electron chi connectivity index (χ3n) is 4.36. The van der Waals surface area contributed by atoms with E-state index in [9.17, 15) is 4.79 Å². The van der Waals surface area contributed by atoms with Crippen LogP contribution in [0.15, 0.2) is 24.3 Å². The molecule has 0 unspecified atom stereocenters. The molecule has 0 aromatic heterocycles. The van der Waals surface area contributed by atoms with Gasteiger partial charge in [0, 0.05) is 13.1 Å². The lowest BCUT2D eigenvalue weighted by molar-refractivity contribution is -0.132. The molecule has 4 nitrogen and oxygen atoms in total. The number of halogens is 1. The first-order valence-corrected chi connectivity index (χ1v) is 7.46. The van der Waals surface area contributed by atoms with E-state index in [2.05, 4.69) is 29.6 Å². The lowest BCUT2D eigenvalue weighted by Gasteiger charge is -2.15. The molecule has 2 aliphatic rings. The van der Waals surface area contributed by atoms with Gasteiger partial charge in [-0.15, -0.1) is 12.4 Å². The number of nitrogens with two attached hydrogens (primary N) is 1. The zero-order valence-corrected chi connectivity index (χ0v) is 12.9. The maximum atomic E-state index is 12.1. The van der Waals surface area contributed by atoms with Crippen molar-refractivity contribution in [3.8, 4) is 0 Å². The summed E-state index contributed by atoms with van der Waals surface area (Å²) in [6.07, 6.45) is 3.57. The molecule has 1 heterocycles. The number of ether oxygens (including phenoxy) is 1. The SMILES string of the molecule is Cl.NC[C@H]1CC[C@@H](C(=O)NCC2Cc3ccccc3C2)O1. The summed E-state index contributed by atoms with van der Waals surface area (Å²) in [5.74, 6) is 0.542. The molecule has 2 atom stereocenters. The number of amides is 1. The highest BCUT2D eigenvalue weighted by Crippen LogP contribution is 2.26. The molecule has 21 heavy (non-hydrogen) atoms. The van der Waals surface area contributed by atoms with Crippen LogP contribution in [0.2, 0.25) is 0 Å². The maximum absolute atomic E-state index is 12.1. The van der Waals surface area contributed by atoms with Gasteiger partial charge in [-0.1, -0.05) is 24.3 Å². The van der Waals surface area contributed by atoms with Crippen molar-refractivity contribution < 1.29 is 9.53 Å².